The van der Waals surface area contributed by atoms with E-state index in [4.69, 9.17) is 4.74 Å². The maximum atomic E-state index is 11.4. The Morgan fingerprint density at radius 2 is 2.00 bits per heavy atom. The molecule has 0 bridgehead atoms. The third-order valence-corrected chi connectivity index (χ3v) is 1.87. The maximum absolute atomic E-state index is 11.4. The quantitative estimate of drug-likeness (QED) is 0.805. The first kappa shape index (κ1) is 12.4. The van der Waals surface area contributed by atoms with Gasteiger partial charge in [0.25, 0.3) is 5.91 Å². The van der Waals surface area contributed by atoms with Crippen LogP contribution >= 0.6 is 0 Å². The molecule has 1 aromatic rings. The zero-order valence-corrected chi connectivity index (χ0v) is 10.00. The van der Waals surface area contributed by atoms with E-state index in [9.17, 15) is 9.90 Å². The first-order valence-electron chi connectivity index (χ1n) is 5.07. The van der Waals surface area contributed by atoms with Gasteiger partial charge in [-0.2, -0.15) is 0 Å². The van der Waals surface area contributed by atoms with Crippen LogP contribution in [0.25, 0.3) is 0 Å². The van der Waals surface area contributed by atoms with Crippen LogP contribution in [0.2, 0.25) is 0 Å². The highest BCUT2D eigenvalue weighted by molar-refractivity contribution is 5.94. The van der Waals surface area contributed by atoms with E-state index in [1.807, 2.05) is 20.8 Å². The fraction of sp³-hybridized carbons (Fsp3) is 0.417. The third-order valence-electron chi connectivity index (χ3n) is 1.87. The highest BCUT2D eigenvalue weighted by atomic mass is 16.5. The summed E-state index contributed by atoms with van der Waals surface area (Å²) in [6, 6.07) is 4.52. The zero-order chi connectivity index (χ0) is 12.3. The Labute approximate surface area is 95.2 Å². The van der Waals surface area contributed by atoms with Crippen LogP contribution in [0, 0.1) is 0 Å². The van der Waals surface area contributed by atoms with Crippen molar-refractivity contribution in [3.8, 4) is 11.5 Å². The molecule has 0 saturated carbocycles. The summed E-state index contributed by atoms with van der Waals surface area (Å²) in [5.41, 5.74) is 0.0401. The van der Waals surface area contributed by atoms with Crippen LogP contribution in [0.1, 0.15) is 31.1 Å². The SMILES string of the molecule is CNC(=O)c1ccc(O)c(OC(C)(C)C)c1. The molecule has 2 N–H and O–H groups in total. The molecule has 1 rings (SSSR count). The third kappa shape index (κ3) is 3.15. The summed E-state index contributed by atoms with van der Waals surface area (Å²) in [6.07, 6.45) is 0. The molecule has 0 atom stereocenters. The van der Waals surface area contributed by atoms with Crippen molar-refractivity contribution in [2.45, 2.75) is 26.4 Å². The average molecular weight is 223 g/mol. The summed E-state index contributed by atoms with van der Waals surface area (Å²) in [7, 11) is 1.56. The maximum Gasteiger partial charge on any atom is 0.251 e. The summed E-state index contributed by atoms with van der Waals surface area (Å²) in [4.78, 5) is 11.4. The van der Waals surface area contributed by atoms with Gasteiger partial charge in [-0.05, 0) is 39.0 Å². The molecule has 0 aliphatic carbocycles. The van der Waals surface area contributed by atoms with Crippen molar-refractivity contribution in [3.05, 3.63) is 23.8 Å². The van der Waals surface area contributed by atoms with Crippen molar-refractivity contribution >= 4 is 5.91 Å². The van der Waals surface area contributed by atoms with E-state index in [1.165, 1.54) is 12.1 Å². The molecule has 1 amide bonds. The molecule has 16 heavy (non-hydrogen) atoms. The predicted molar refractivity (Wildman–Crippen MR) is 61.9 cm³/mol. The van der Waals surface area contributed by atoms with Gasteiger partial charge in [0.1, 0.15) is 5.60 Å². The Morgan fingerprint density at radius 3 is 2.50 bits per heavy atom. The molecule has 0 heterocycles. The molecule has 0 aromatic heterocycles. The van der Waals surface area contributed by atoms with Gasteiger partial charge in [0.2, 0.25) is 0 Å². The lowest BCUT2D eigenvalue weighted by Gasteiger charge is -2.22. The lowest BCUT2D eigenvalue weighted by atomic mass is 10.1. The number of aromatic hydroxyl groups is 1. The molecule has 0 unspecified atom stereocenters. The number of amides is 1. The van der Waals surface area contributed by atoms with Crippen molar-refractivity contribution in [2.24, 2.45) is 0 Å². The molecule has 1 aromatic carbocycles. The standard InChI is InChI=1S/C12H17NO3/c1-12(2,3)16-10-7-8(11(15)13-4)5-6-9(10)14/h5-7,14H,1-4H3,(H,13,15). The van der Waals surface area contributed by atoms with Gasteiger partial charge in [-0.1, -0.05) is 0 Å². The number of phenols is 1. The van der Waals surface area contributed by atoms with Crippen LogP contribution < -0.4 is 10.1 Å². The number of benzene rings is 1. The lowest BCUT2D eigenvalue weighted by Crippen LogP contribution is -2.23. The van der Waals surface area contributed by atoms with Crippen LogP contribution in [0.3, 0.4) is 0 Å². The second kappa shape index (κ2) is 4.43. The molecular formula is C12H17NO3. The molecule has 0 aliphatic heterocycles. The molecule has 0 radical (unpaired) electrons. The highest BCUT2D eigenvalue weighted by Gasteiger charge is 2.16. The Bertz CT molecular complexity index is 394. The summed E-state index contributed by atoms with van der Waals surface area (Å²) in [5, 5.41) is 12.1. The molecule has 0 spiro atoms. The van der Waals surface area contributed by atoms with Crippen LogP contribution in [-0.4, -0.2) is 23.7 Å². The normalized spacial score (nSPS) is 11.0. The van der Waals surface area contributed by atoms with E-state index in [-0.39, 0.29) is 11.7 Å². The number of hydrogen-bond donors (Lipinski definition) is 2. The first-order valence-corrected chi connectivity index (χ1v) is 5.07. The van der Waals surface area contributed by atoms with Crippen LogP contribution in [0.15, 0.2) is 18.2 Å². The minimum Gasteiger partial charge on any atom is -0.504 e. The van der Waals surface area contributed by atoms with E-state index in [0.717, 1.165) is 0 Å². The second-order valence-electron chi connectivity index (χ2n) is 4.48. The Balaban J connectivity index is 3.04. The fourth-order valence-electron chi connectivity index (χ4n) is 1.21. The minimum absolute atomic E-state index is 0.0302. The van der Waals surface area contributed by atoms with Crippen molar-refractivity contribution in [1.29, 1.82) is 0 Å². The number of carbonyl (C=O) groups excluding carboxylic acids is 1. The number of carbonyl (C=O) groups is 1. The van der Waals surface area contributed by atoms with Gasteiger partial charge in [-0.15, -0.1) is 0 Å². The van der Waals surface area contributed by atoms with E-state index in [1.54, 1.807) is 13.1 Å². The average Bonchev–Trinajstić information content (AvgIpc) is 2.18. The second-order valence-corrected chi connectivity index (χ2v) is 4.48. The first-order chi connectivity index (χ1) is 7.33. The number of hydrogen-bond acceptors (Lipinski definition) is 3. The van der Waals surface area contributed by atoms with E-state index in [2.05, 4.69) is 5.32 Å². The number of phenolic OH excluding ortho intramolecular Hbond substituents is 1. The van der Waals surface area contributed by atoms with Gasteiger partial charge in [0, 0.05) is 12.6 Å². The van der Waals surface area contributed by atoms with Crippen molar-refractivity contribution in [2.75, 3.05) is 7.05 Å². The van der Waals surface area contributed by atoms with Crippen LogP contribution in [-0.2, 0) is 0 Å². The smallest absolute Gasteiger partial charge is 0.251 e. The van der Waals surface area contributed by atoms with Gasteiger partial charge < -0.3 is 15.2 Å². The number of rotatable bonds is 2. The molecule has 0 aliphatic rings. The van der Waals surface area contributed by atoms with Gasteiger partial charge in [-0.25, -0.2) is 0 Å². The van der Waals surface area contributed by atoms with Crippen LogP contribution in [0.4, 0.5) is 0 Å². The van der Waals surface area contributed by atoms with E-state index >= 15 is 0 Å². The van der Waals surface area contributed by atoms with Gasteiger partial charge >= 0.3 is 0 Å². The fourth-order valence-corrected chi connectivity index (χ4v) is 1.21. The number of nitrogens with one attached hydrogen (secondary N) is 1. The Kier molecular flexibility index (Phi) is 3.42. The summed E-state index contributed by atoms with van der Waals surface area (Å²) >= 11 is 0. The summed E-state index contributed by atoms with van der Waals surface area (Å²) < 4.78 is 5.54. The summed E-state index contributed by atoms with van der Waals surface area (Å²) in [5.74, 6) is 0.134. The van der Waals surface area contributed by atoms with Crippen LogP contribution in [0.5, 0.6) is 11.5 Å². The topological polar surface area (TPSA) is 58.6 Å². The monoisotopic (exact) mass is 223 g/mol. The predicted octanol–water partition coefficient (Wildman–Crippen LogP) is 1.93. The van der Waals surface area contributed by atoms with Gasteiger partial charge in [0.15, 0.2) is 11.5 Å². The Hall–Kier alpha value is -1.71. The van der Waals surface area contributed by atoms with Crippen molar-refractivity contribution in [1.82, 2.24) is 5.32 Å². The minimum atomic E-state index is -0.418. The highest BCUT2D eigenvalue weighted by Crippen LogP contribution is 2.29. The number of ether oxygens (including phenoxy) is 1. The van der Waals surface area contributed by atoms with Gasteiger partial charge in [0.05, 0.1) is 0 Å². The van der Waals surface area contributed by atoms with E-state index in [0.29, 0.717) is 11.3 Å². The molecule has 0 saturated heterocycles. The molecular weight excluding hydrogens is 206 g/mol. The molecule has 4 nitrogen and oxygen atoms in total. The summed E-state index contributed by atoms with van der Waals surface area (Å²) in [6.45, 7) is 5.62. The zero-order valence-electron chi connectivity index (χ0n) is 10.00. The largest absolute Gasteiger partial charge is 0.504 e. The van der Waals surface area contributed by atoms with Crippen molar-refractivity contribution in [3.63, 3.8) is 0 Å². The van der Waals surface area contributed by atoms with Gasteiger partial charge in [-0.3, -0.25) is 4.79 Å². The molecule has 0 fully saturated rings. The Morgan fingerprint density at radius 1 is 1.38 bits per heavy atom. The molecule has 88 valence electrons. The van der Waals surface area contributed by atoms with E-state index < -0.39 is 5.60 Å². The lowest BCUT2D eigenvalue weighted by molar-refractivity contribution is 0.0959. The molecule has 4 heteroatoms. The van der Waals surface area contributed by atoms with Crippen molar-refractivity contribution < 1.29 is 14.6 Å².